The van der Waals surface area contributed by atoms with Gasteiger partial charge < -0.3 is 15.5 Å². The fourth-order valence-corrected chi connectivity index (χ4v) is 1.25. The predicted molar refractivity (Wildman–Crippen MR) is 67.3 cm³/mol. The van der Waals surface area contributed by atoms with Gasteiger partial charge in [0.05, 0.1) is 10.5 Å². The molecule has 1 rings (SSSR count). The number of nitrogens with one attached hydrogen (secondary N) is 1. The molecule has 19 heavy (non-hydrogen) atoms. The van der Waals surface area contributed by atoms with E-state index in [0.29, 0.717) is 6.42 Å². The molecule has 0 amide bonds. The number of anilines is 1. The van der Waals surface area contributed by atoms with E-state index in [-0.39, 0.29) is 23.7 Å². The molecule has 1 atom stereocenters. The molecule has 1 aromatic rings. The minimum absolute atomic E-state index is 0.0282. The maximum atomic E-state index is 10.8. The van der Waals surface area contributed by atoms with Crippen LogP contribution in [0.25, 0.3) is 0 Å². The number of carbonyl (C=O) groups is 1. The summed E-state index contributed by atoms with van der Waals surface area (Å²) in [4.78, 5) is 24.6. The van der Waals surface area contributed by atoms with Crippen LogP contribution < -0.4 is 5.32 Å². The Balaban J connectivity index is 3.04. The Bertz CT molecular complexity index is 501. The van der Waals surface area contributed by atoms with Gasteiger partial charge >= 0.3 is 11.7 Å². The van der Waals surface area contributed by atoms with E-state index in [4.69, 9.17) is 5.11 Å². The van der Waals surface area contributed by atoms with Crippen molar-refractivity contribution in [2.24, 2.45) is 0 Å². The summed E-state index contributed by atoms with van der Waals surface area (Å²) in [5.41, 5.74) is -1.70. The van der Waals surface area contributed by atoms with Crippen molar-refractivity contribution in [1.82, 2.24) is 4.98 Å². The van der Waals surface area contributed by atoms with Crippen molar-refractivity contribution in [3.05, 3.63) is 27.9 Å². The van der Waals surface area contributed by atoms with Gasteiger partial charge in [0.15, 0.2) is 5.69 Å². The van der Waals surface area contributed by atoms with E-state index in [1.54, 1.807) is 13.8 Å². The lowest BCUT2D eigenvalue weighted by Gasteiger charge is -2.21. The Morgan fingerprint density at radius 1 is 1.58 bits per heavy atom. The highest BCUT2D eigenvalue weighted by Crippen LogP contribution is 2.23. The van der Waals surface area contributed by atoms with Gasteiger partial charge in [0.1, 0.15) is 0 Å². The molecule has 8 heteroatoms. The van der Waals surface area contributed by atoms with E-state index >= 15 is 0 Å². The third kappa shape index (κ3) is 3.88. The van der Waals surface area contributed by atoms with Gasteiger partial charge in [0.25, 0.3) is 0 Å². The van der Waals surface area contributed by atoms with Crippen molar-refractivity contribution >= 4 is 17.5 Å². The summed E-state index contributed by atoms with van der Waals surface area (Å²) < 4.78 is 0. The van der Waals surface area contributed by atoms with Crippen LogP contribution in [0.2, 0.25) is 0 Å². The Morgan fingerprint density at radius 3 is 2.68 bits per heavy atom. The van der Waals surface area contributed by atoms with E-state index < -0.39 is 16.5 Å². The number of aliphatic hydroxyl groups is 1. The zero-order valence-corrected chi connectivity index (χ0v) is 10.6. The normalized spacial score (nSPS) is 13.6. The Labute approximate surface area is 109 Å². The molecule has 1 unspecified atom stereocenters. The molecule has 104 valence electrons. The first-order valence-corrected chi connectivity index (χ1v) is 5.62. The number of rotatable bonds is 6. The van der Waals surface area contributed by atoms with Crippen molar-refractivity contribution in [2.75, 3.05) is 11.9 Å². The van der Waals surface area contributed by atoms with Crippen LogP contribution in [0, 0.1) is 10.1 Å². The topological polar surface area (TPSA) is 126 Å². The zero-order valence-electron chi connectivity index (χ0n) is 10.6. The molecule has 0 saturated heterocycles. The fraction of sp³-hybridized carbons (Fsp3) is 0.455. The molecule has 1 heterocycles. The summed E-state index contributed by atoms with van der Waals surface area (Å²) >= 11 is 0. The standard InChI is InChI=1S/C11H15N3O5/c1-3-11(2,17)6-12-9-8(14(18)19)5-4-7(13-9)10(15)16/h4-5,17H,3,6H2,1-2H3,(H,12,13)(H,15,16). The van der Waals surface area contributed by atoms with Crippen LogP contribution in [0.1, 0.15) is 30.8 Å². The molecule has 0 saturated carbocycles. The van der Waals surface area contributed by atoms with Crippen molar-refractivity contribution in [3.8, 4) is 0 Å². The van der Waals surface area contributed by atoms with Gasteiger partial charge in [0, 0.05) is 12.6 Å². The third-order valence-electron chi connectivity index (χ3n) is 2.69. The smallest absolute Gasteiger partial charge is 0.354 e. The Morgan fingerprint density at radius 2 is 2.21 bits per heavy atom. The largest absolute Gasteiger partial charge is 0.477 e. The number of nitrogens with zero attached hydrogens (tertiary/aromatic N) is 2. The van der Waals surface area contributed by atoms with Gasteiger partial charge in [-0.15, -0.1) is 0 Å². The SMILES string of the molecule is CCC(C)(O)CNc1nc(C(=O)O)ccc1[N+](=O)[O-]. The minimum atomic E-state index is -1.28. The predicted octanol–water partition coefficient (Wildman–Crippen LogP) is 1.26. The lowest BCUT2D eigenvalue weighted by atomic mass is 10.0. The second-order valence-electron chi connectivity index (χ2n) is 4.33. The Hall–Kier alpha value is -2.22. The van der Waals surface area contributed by atoms with E-state index in [9.17, 15) is 20.0 Å². The summed E-state index contributed by atoms with van der Waals surface area (Å²) in [7, 11) is 0. The van der Waals surface area contributed by atoms with Crippen LogP contribution in [0.5, 0.6) is 0 Å². The lowest BCUT2D eigenvalue weighted by Crippen LogP contribution is -2.33. The third-order valence-corrected chi connectivity index (χ3v) is 2.69. The summed E-state index contributed by atoms with van der Waals surface area (Å²) in [6, 6.07) is 2.13. The lowest BCUT2D eigenvalue weighted by molar-refractivity contribution is -0.384. The number of carboxylic acids is 1. The highest BCUT2D eigenvalue weighted by Gasteiger charge is 2.22. The van der Waals surface area contributed by atoms with Gasteiger partial charge in [-0.1, -0.05) is 6.92 Å². The molecule has 0 aliphatic rings. The quantitative estimate of drug-likeness (QED) is 0.524. The number of hydrogen-bond acceptors (Lipinski definition) is 6. The van der Waals surface area contributed by atoms with E-state index in [1.807, 2.05) is 0 Å². The van der Waals surface area contributed by atoms with Gasteiger partial charge in [-0.3, -0.25) is 10.1 Å². The maximum Gasteiger partial charge on any atom is 0.354 e. The number of carboxylic acid groups (broad SMARTS) is 1. The Kier molecular flexibility index (Phi) is 4.38. The number of aromatic carboxylic acids is 1. The first kappa shape index (κ1) is 14.8. The van der Waals surface area contributed by atoms with Crippen LogP contribution in [-0.4, -0.2) is 38.2 Å². The highest BCUT2D eigenvalue weighted by molar-refractivity contribution is 5.86. The summed E-state index contributed by atoms with van der Waals surface area (Å²) in [6.45, 7) is 3.35. The van der Waals surface area contributed by atoms with Crippen molar-refractivity contribution in [1.29, 1.82) is 0 Å². The average Bonchev–Trinajstić information content (AvgIpc) is 2.35. The van der Waals surface area contributed by atoms with Crippen LogP contribution in [-0.2, 0) is 0 Å². The molecule has 0 radical (unpaired) electrons. The number of nitro groups is 1. The summed E-state index contributed by atoms with van der Waals surface area (Å²) in [6.07, 6.45) is 0.437. The zero-order chi connectivity index (χ0) is 14.6. The summed E-state index contributed by atoms with van der Waals surface area (Å²) in [5, 5.41) is 32.0. The van der Waals surface area contributed by atoms with Crippen molar-refractivity contribution in [2.45, 2.75) is 25.9 Å². The van der Waals surface area contributed by atoms with Crippen LogP contribution in [0.15, 0.2) is 12.1 Å². The first-order chi connectivity index (χ1) is 8.76. The molecular formula is C11H15N3O5. The van der Waals surface area contributed by atoms with Gasteiger partial charge in [-0.05, 0) is 19.4 Å². The van der Waals surface area contributed by atoms with Crippen LogP contribution >= 0.6 is 0 Å². The number of hydrogen-bond donors (Lipinski definition) is 3. The molecule has 1 aromatic heterocycles. The highest BCUT2D eigenvalue weighted by atomic mass is 16.6. The second kappa shape index (κ2) is 5.61. The van der Waals surface area contributed by atoms with Crippen LogP contribution in [0.4, 0.5) is 11.5 Å². The molecule has 0 spiro atoms. The van der Waals surface area contributed by atoms with Gasteiger partial charge in [0.2, 0.25) is 5.82 Å². The van der Waals surface area contributed by atoms with Gasteiger partial charge in [-0.25, -0.2) is 9.78 Å². The maximum absolute atomic E-state index is 10.8. The molecule has 0 aliphatic heterocycles. The number of aromatic nitrogens is 1. The molecule has 0 aliphatic carbocycles. The molecule has 3 N–H and O–H groups in total. The van der Waals surface area contributed by atoms with Crippen molar-refractivity contribution < 1.29 is 19.9 Å². The van der Waals surface area contributed by atoms with E-state index in [1.165, 1.54) is 0 Å². The summed E-state index contributed by atoms with van der Waals surface area (Å²) in [5.74, 6) is -1.45. The number of pyridine rings is 1. The van der Waals surface area contributed by atoms with E-state index in [2.05, 4.69) is 10.3 Å². The molecule has 0 aromatic carbocycles. The second-order valence-corrected chi connectivity index (χ2v) is 4.33. The van der Waals surface area contributed by atoms with Gasteiger partial charge in [-0.2, -0.15) is 0 Å². The average molecular weight is 269 g/mol. The molecule has 8 nitrogen and oxygen atoms in total. The fourth-order valence-electron chi connectivity index (χ4n) is 1.25. The van der Waals surface area contributed by atoms with E-state index in [0.717, 1.165) is 12.1 Å². The minimum Gasteiger partial charge on any atom is -0.477 e. The van der Waals surface area contributed by atoms with Crippen molar-refractivity contribution in [3.63, 3.8) is 0 Å². The molecule has 0 fully saturated rings. The first-order valence-electron chi connectivity index (χ1n) is 5.62. The molecule has 0 bridgehead atoms. The molecular weight excluding hydrogens is 254 g/mol. The van der Waals surface area contributed by atoms with Crippen LogP contribution in [0.3, 0.4) is 0 Å². The monoisotopic (exact) mass is 269 g/mol.